The summed E-state index contributed by atoms with van der Waals surface area (Å²) in [7, 11) is 1.81. The molecule has 1 amide bonds. The highest BCUT2D eigenvalue weighted by Crippen LogP contribution is 2.30. The van der Waals surface area contributed by atoms with Gasteiger partial charge in [0.05, 0.1) is 5.56 Å². The van der Waals surface area contributed by atoms with E-state index in [-0.39, 0.29) is 24.3 Å². The van der Waals surface area contributed by atoms with Crippen LogP contribution in [0.1, 0.15) is 47.2 Å². The molecular weight excluding hydrogens is 266 g/mol. The smallest absolute Gasteiger partial charge is 0.257 e. The first-order chi connectivity index (χ1) is 9.93. The lowest BCUT2D eigenvalue weighted by Crippen LogP contribution is -2.40. The summed E-state index contributed by atoms with van der Waals surface area (Å²) >= 11 is 0. The van der Waals surface area contributed by atoms with E-state index in [1.165, 1.54) is 0 Å². The number of hydrogen-bond acceptors (Lipinski definition) is 3. The highest BCUT2D eigenvalue weighted by Gasteiger charge is 2.28. The predicted octanol–water partition coefficient (Wildman–Crippen LogP) is 2.63. The lowest BCUT2D eigenvalue weighted by molar-refractivity contribution is 0.0649. The molecule has 0 heterocycles. The maximum absolute atomic E-state index is 12.6. The number of carbonyl (C=O) groups is 1. The Kier molecular flexibility index (Phi) is 4.88. The molecule has 4 heteroatoms. The number of aliphatic hydroxyl groups is 1. The third-order valence-corrected chi connectivity index (χ3v) is 4.62. The molecule has 0 atom stereocenters. The molecule has 116 valence electrons. The number of amides is 1. The molecule has 1 saturated carbocycles. The van der Waals surface area contributed by atoms with E-state index in [2.05, 4.69) is 0 Å². The van der Waals surface area contributed by atoms with Gasteiger partial charge in [0.2, 0.25) is 0 Å². The molecule has 0 spiro atoms. The quantitative estimate of drug-likeness (QED) is 0.900. The van der Waals surface area contributed by atoms with Crippen LogP contribution >= 0.6 is 0 Å². The number of carbonyl (C=O) groups excluding carboxylic acids is 1. The molecular formula is C17H25NO3. The van der Waals surface area contributed by atoms with Crippen molar-refractivity contribution < 1.29 is 15.0 Å². The van der Waals surface area contributed by atoms with Crippen LogP contribution < -0.4 is 0 Å². The summed E-state index contributed by atoms with van der Waals surface area (Å²) < 4.78 is 0. The number of aromatic hydroxyl groups is 1. The second-order valence-corrected chi connectivity index (χ2v) is 6.25. The molecule has 0 aliphatic heterocycles. The Labute approximate surface area is 126 Å². The Morgan fingerprint density at radius 3 is 2.43 bits per heavy atom. The molecule has 1 aromatic rings. The SMILES string of the molecule is Cc1cc(C)c(O)c(C(=O)N(C)C2CCC(CO)CC2)c1. The molecule has 2 rings (SSSR count). The van der Waals surface area contributed by atoms with Gasteiger partial charge in [-0.1, -0.05) is 6.07 Å². The fourth-order valence-corrected chi connectivity index (χ4v) is 3.19. The van der Waals surface area contributed by atoms with Crippen LogP contribution in [0, 0.1) is 19.8 Å². The van der Waals surface area contributed by atoms with E-state index in [0.29, 0.717) is 11.5 Å². The van der Waals surface area contributed by atoms with Crippen LogP contribution in [0.15, 0.2) is 12.1 Å². The molecule has 0 unspecified atom stereocenters. The lowest BCUT2D eigenvalue weighted by Gasteiger charge is -2.34. The number of aliphatic hydroxyl groups excluding tert-OH is 1. The summed E-state index contributed by atoms with van der Waals surface area (Å²) in [5, 5.41) is 19.3. The van der Waals surface area contributed by atoms with E-state index < -0.39 is 0 Å². The standard InChI is InChI=1S/C17H25NO3/c1-11-8-12(2)16(20)15(9-11)17(21)18(3)14-6-4-13(10-19)5-7-14/h8-9,13-14,19-20H,4-7,10H2,1-3H3. The summed E-state index contributed by atoms with van der Waals surface area (Å²) in [6, 6.07) is 3.82. The summed E-state index contributed by atoms with van der Waals surface area (Å²) in [4.78, 5) is 14.4. The number of phenols is 1. The van der Waals surface area contributed by atoms with Crippen LogP contribution in [0.5, 0.6) is 5.75 Å². The van der Waals surface area contributed by atoms with E-state index in [4.69, 9.17) is 0 Å². The number of benzene rings is 1. The van der Waals surface area contributed by atoms with Crippen molar-refractivity contribution in [3.05, 3.63) is 28.8 Å². The van der Waals surface area contributed by atoms with Crippen molar-refractivity contribution in [3.8, 4) is 5.75 Å². The highest BCUT2D eigenvalue weighted by molar-refractivity contribution is 5.97. The van der Waals surface area contributed by atoms with E-state index in [1.54, 1.807) is 11.0 Å². The van der Waals surface area contributed by atoms with Gasteiger partial charge in [0, 0.05) is 19.7 Å². The van der Waals surface area contributed by atoms with Gasteiger partial charge in [0.25, 0.3) is 5.91 Å². The maximum atomic E-state index is 12.6. The van der Waals surface area contributed by atoms with Gasteiger partial charge in [-0.2, -0.15) is 0 Å². The van der Waals surface area contributed by atoms with Gasteiger partial charge in [0.15, 0.2) is 0 Å². The van der Waals surface area contributed by atoms with E-state index >= 15 is 0 Å². The first-order valence-corrected chi connectivity index (χ1v) is 7.62. The number of nitrogens with zero attached hydrogens (tertiary/aromatic N) is 1. The Balaban J connectivity index is 2.13. The second-order valence-electron chi connectivity index (χ2n) is 6.25. The average Bonchev–Trinajstić information content (AvgIpc) is 2.49. The number of rotatable bonds is 3. The van der Waals surface area contributed by atoms with Crippen LogP contribution in [0.4, 0.5) is 0 Å². The first-order valence-electron chi connectivity index (χ1n) is 7.62. The van der Waals surface area contributed by atoms with Gasteiger partial charge in [-0.3, -0.25) is 4.79 Å². The molecule has 1 aliphatic rings. The molecule has 2 N–H and O–H groups in total. The van der Waals surface area contributed by atoms with Gasteiger partial charge in [-0.05, 0) is 62.6 Å². The van der Waals surface area contributed by atoms with Gasteiger partial charge >= 0.3 is 0 Å². The molecule has 0 radical (unpaired) electrons. The normalized spacial score (nSPS) is 22.1. The molecule has 4 nitrogen and oxygen atoms in total. The van der Waals surface area contributed by atoms with Crippen molar-refractivity contribution in [1.82, 2.24) is 4.90 Å². The average molecular weight is 291 g/mol. The van der Waals surface area contributed by atoms with Crippen LogP contribution in [-0.4, -0.2) is 40.7 Å². The molecule has 1 fully saturated rings. The van der Waals surface area contributed by atoms with Crippen molar-refractivity contribution in [3.63, 3.8) is 0 Å². The summed E-state index contributed by atoms with van der Waals surface area (Å²) in [6.07, 6.45) is 3.74. The lowest BCUT2D eigenvalue weighted by atomic mass is 9.86. The van der Waals surface area contributed by atoms with Gasteiger partial charge in [-0.15, -0.1) is 0 Å². The highest BCUT2D eigenvalue weighted by atomic mass is 16.3. The second kappa shape index (κ2) is 6.48. The topological polar surface area (TPSA) is 60.8 Å². The largest absolute Gasteiger partial charge is 0.507 e. The van der Waals surface area contributed by atoms with Crippen LogP contribution in [-0.2, 0) is 0 Å². The summed E-state index contributed by atoms with van der Waals surface area (Å²) in [5.41, 5.74) is 2.10. The monoisotopic (exact) mass is 291 g/mol. The Morgan fingerprint density at radius 2 is 1.86 bits per heavy atom. The van der Waals surface area contributed by atoms with Crippen molar-refractivity contribution in [1.29, 1.82) is 0 Å². The van der Waals surface area contributed by atoms with E-state index in [1.807, 2.05) is 27.0 Å². The Morgan fingerprint density at radius 1 is 1.24 bits per heavy atom. The molecule has 0 bridgehead atoms. The van der Waals surface area contributed by atoms with Crippen molar-refractivity contribution in [2.45, 2.75) is 45.6 Å². The van der Waals surface area contributed by atoms with Crippen molar-refractivity contribution in [2.75, 3.05) is 13.7 Å². The van der Waals surface area contributed by atoms with Crippen molar-refractivity contribution in [2.24, 2.45) is 5.92 Å². The number of phenolic OH excluding ortho intramolecular Hbond substituents is 1. The molecule has 0 aromatic heterocycles. The number of aryl methyl sites for hydroxylation is 2. The minimum Gasteiger partial charge on any atom is -0.507 e. The zero-order valence-corrected chi connectivity index (χ0v) is 13.1. The van der Waals surface area contributed by atoms with E-state index in [9.17, 15) is 15.0 Å². The van der Waals surface area contributed by atoms with Gasteiger partial charge in [0.1, 0.15) is 5.75 Å². The Bertz CT molecular complexity index is 519. The molecule has 1 aliphatic carbocycles. The predicted molar refractivity (Wildman–Crippen MR) is 82.5 cm³/mol. The Hall–Kier alpha value is -1.55. The first kappa shape index (κ1) is 15.8. The molecule has 1 aromatic carbocycles. The minimum atomic E-state index is -0.119. The zero-order chi connectivity index (χ0) is 15.6. The van der Waals surface area contributed by atoms with Crippen LogP contribution in [0.25, 0.3) is 0 Å². The van der Waals surface area contributed by atoms with Crippen molar-refractivity contribution >= 4 is 5.91 Å². The third-order valence-electron chi connectivity index (χ3n) is 4.62. The summed E-state index contributed by atoms with van der Waals surface area (Å²) in [5.74, 6) is 0.340. The van der Waals surface area contributed by atoms with E-state index in [0.717, 1.165) is 36.8 Å². The van der Waals surface area contributed by atoms with Gasteiger partial charge in [-0.25, -0.2) is 0 Å². The molecule has 21 heavy (non-hydrogen) atoms. The summed E-state index contributed by atoms with van der Waals surface area (Å²) in [6.45, 7) is 3.98. The fourth-order valence-electron chi connectivity index (χ4n) is 3.19. The third kappa shape index (κ3) is 3.38. The fraction of sp³-hybridized carbons (Fsp3) is 0.588. The molecule has 0 saturated heterocycles. The van der Waals surface area contributed by atoms with Crippen LogP contribution in [0.3, 0.4) is 0 Å². The zero-order valence-electron chi connectivity index (χ0n) is 13.1. The van der Waals surface area contributed by atoms with Crippen LogP contribution in [0.2, 0.25) is 0 Å². The number of hydrogen-bond donors (Lipinski definition) is 2. The van der Waals surface area contributed by atoms with Gasteiger partial charge < -0.3 is 15.1 Å². The minimum absolute atomic E-state index is 0.0847. The maximum Gasteiger partial charge on any atom is 0.257 e.